The fraction of sp³-hybridized carbons (Fsp3) is 0.583. The first-order valence-corrected chi connectivity index (χ1v) is 6.06. The predicted octanol–water partition coefficient (Wildman–Crippen LogP) is 1.13. The molecule has 3 heterocycles. The van der Waals surface area contributed by atoms with Crippen molar-refractivity contribution in [1.82, 2.24) is 4.90 Å². The smallest absolute Gasteiger partial charge is 0.248 e. The highest BCUT2D eigenvalue weighted by atomic mass is 16.3. The zero-order valence-electron chi connectivity index (χ0n) is 10.1. The summed E-state index contributed by atoms with van der Waals surface area (Å²) < 4.78 is 5.46. The van der Waals surface area contributed by atoms with Crippen LogP contribution in [0.3, 0.4) is 0 Å². The summed E-state index contributed by atoms with van der Waals surface area (Å²) in [5.41, 5.74) is 0.796. The van der Waals surface area contributed by atoms with Gasteiger partial charge in [0.15, 0.2) is 0 Å². The number of fused-ring (bicyclic) bond motifs is 3. The molecule has 5 heteroatoms. The molecule has 92 valence electrons. The Morgan fingerprint density at radius 2 is 2.29 bits per heavy atom. The number of hydrogen-bond acceptors (Lipinski definition) is 4. The molecule has 5 nitrogen and oxygen atoms in total. The minimum absolute atomic E-state index is 0.0734. The summed E-state index contributed by atoms with van der Waals surface area (Å²) in [5, 5.41) is 2.90. The molecule has 1 saturated heterocycles. The van der Waals surface area contributed by atoms with E-state index in [1.165, 1.54) is 0 Å². The van der Waals surface area contributed by atoms with Crippen LogP contribution in [0.15, 0.2) is 16.7 Å². The van der Waals surface area contributed by atoms with Crippen molar-refractivity contribution < 1.29 is 9.21 Å². The fourth-order valence-electron chi connectivity index (χ4n) is 2.58. The highest BCUT2D eigenvalue weighted by Gasteiger charge is 2.39. The van der Waals surface area contributed by atoms with Gasteiger partial charge in [-0.3, -0.25) is 9.69 Å². The molecule has 2 aliphatic heterocycles. The van der Waals surface area contributed by atoms with Gasteiger partial charge in [-0.1, -0.05) is 0 Å². The zero-order valence-corrected chi connectivity index (χ0v) is 10.1. The summed E-state index contributed by atoms with van der Waals surface area (Å²) in [4.78, 5) is 16.4. The average Bonchev–Trinajstić information content (AvgIpc) is 2.76. The van der Waals surface area contributed by atoms with Gasteiger partial charge in [0.25, 0.3) is 0 Å². The number of anilines is 2. The summed E-state index contributed by atoms with van der Waals surface area (Å²) in [7, 11) is 0. The molecular formula is C12H17N3O2. The third-order valence-electron chi connectivity index (χ3n) is 3.61. The fourth-order valence-corrected chi connectivity index (χ4v) is 2.58. The summed E-state index contributed by atoms with van der Waals surface area (Å²) in [5.74, 6) is 0.877. The van der Waals surface area contributed by atoms with Crippen molar-refractivity contribution in [2.75, 3.05) is 29.9 Å². The molecule has 1 N–H and O–H groups in total. The van der Waals surface area contributed by atoms with E-state index in [-0.39, 0.29) is 11.9 Å². The highest BCUT2D eigenvalue weighted by molar-refractivity contribution is 6.02. The molecule has 17 heavy (non-hydrogen) atoms. The molecule has 1 aromatic rings. The lowest BCUT2D eigenvalue weighted by molar-refractivity contribution is -0.118. The summed E-state index contributed by atoms with van der Waals surface area (Å²) in [6.45, 7) is 6.91. The number of amides is 1. The normalized spacial score (nSPS) is 24.5. The van der Waals surface area contributed by atoms with Crippen LogP contribution >= 0.6 is 0 Å². The standard InChI is InChI=1S/C12H17N3O2/c1-8(2)14-4-5-15-10(7-14)11(16)13-9-3-6-17-12(9)15/h3,6,8,10H,4-5,7H2,1-2H3,(H,13,16)/t10-/m1/s1. The number of furan rings is 1. The maximum atomic E-state index is 12.0. The lowest BCUT2D eigenvalue weighted by Gasteiger charge is -2.44. The minimum Gasteiger partial charge on any atom is -0.447 e. The number of nitrogens with zero attached hydrogens (tertiary/aromatic N) is 2. The van der Waals surface area contributed by atoms with E-state index in [2.05, 4.69) is 29.0 Å². The number of hydrogen-bond donors (Lipinski definition) is 1. The van der Waals surface area contributed by atoms with E-state index >= 15 is 0 Å². The number of rotatable bonds is 1. The van der Waals surface area contributed by atoms with Crippen LogP contribution in [0.2, 0.25) is 0 Å². The van der Waals surface area contributed by atoms with Crippen LogP contribution in [-0.4, -0.2) is 42.5 Å². The van der Waals surface area contributed by atoms with Crippen LogP contribution in [0.5, 0.6) is 0 Å². The van der Waals surface area contributed by atoms with Gasteiger partial charge in [-0.05, 0) is 13.8 Å². The molecule has 0 radical (unpaired) electrons. The second kappa shape index (κ2) is 3.77. The molecular weight excluding hydrogens is 218 g/mol. The van der Waals surface area contributed by atoms with E-state index in [0.29, 0.717) is 6.04 Å². The van der Waals surface area contributed by atoms with E-state index in [1.807, 2.05) is 0 Å². The second-order valence-corrected chi connectivity index (χ2v) is 4.93. The van der Waals surface area contributed by atoms with Gasteiger partial charge in [0.05, 0.1) is 6.26 Å². The Balaban J connectivity index is 1.88. The molecule has 0 aliphatic carbocycles. The van der Waals surface area contributed by atoms with Gasteiger partial charge in [-0.25, -0.2) is 0 Å². The number of nitrogens with one attached hydrogen (secondary N) is 1. The van der Waals surface area contributed by atoms with Crippen LogP contribution in [0.4, 0.5) is 11.6 Å². The van der Waals surface area contributed by atoms with Crippen molar-refractivity contribution in [2.45, 2.75) is 25.9 Å². The van der Waals surface area contributed by atoms with Gasteiger partial charge in [0.2, 0.25) is 11.8 Å². The predicted molar refractivity (Wildman–Crippen MR) is 65.2 cm³/mol. The minimum atomic E-state index is -0.121. The van der Waals surface area contributed by atoms with Crippen LogP contribution in [0.25, 0.3) is 0 Å². The largest absolute Gasteiger partial charge is 0.447 e. The summed E-state index contributed by atoms with van der Waals surface area (Å²) in [6, 6.07) is 2.16. The Labute approximate surface area is 100 Å². The van der Waals surface area contributed by atoms with Crippen molar-refractivity contribution in [3.63, 3.8) is 0 Å². The zero-order chi connectivity index (χ0) is 12.0. The van der Waals surface area contributed by atoms with E-state index < -0.39 is 0 Å². The van der Waals surface area contributed by atoms with Crippen molar-refractivity contribution in [3.05, 3.63) is 12.3 Å². The molecule has 3 rings (SSSR count). The van der Waals surface area contributed by atoms with Gasteiger partial charge < -0.3 is 14.6 Å². The third-order valence-corrected chi connectivity index (χ3v) is 3.61. The average molecular weight is 235 g/mol. The van der Waals surface area contributed by atoms with Gasteiger partial charge in [-0.2, -0.15) is 0 Å². The van der Waals surface area contributed by atoms with E-state index in [4.69, 9.17) is 4.42 Å². The van der Waals surface area contributed by atoms with E-state index in [0.717, 1.165) is 31.2 Å². The maximum Gasteiger partial charge on any atom is 0.248 e. The van der Waals surface area contributed by atoms with Gasteiger partial charge >= 0.3 is 0 Å². The molecule has 0 unspecified atom stereocenters. The molecule has 0 bridgehead atoms. The molecule has 0 saturated carbocycles. The first-order valence-electron chi connectivity index (χ1n) is 6.06. The first kappa shape index (κ1) is 10.7. The number of carbonyl (C=O) groups is 1. The van der Waals surface area contributed by atoms with Crippen molar-refractivity contribution >= 4 is 17.5 Å². The Bertz CT molecular complexity index is 441. The molecule has 1 aromatic heterocycles. The monoisotopic (exact) mass is 235 g/mol. The number of carbonyl (C=O) groups excluding carboxylic acids is 1. The van der Waals surface area contributed by atoms with Crippen molar-refractivity contribution in [3.8, 4) is 0 Å². The third kappa shape index (κ3) is 1.61. The molecule has 2 aliphatic rings. The van der Waals surface area contributed by atoms with Gasteiger partial charge in [-0.15, -0.1) is 0 Å². The molecule has 1 fully saturated rings. The Morgan fingerprint density at radius 3 is 3.06 bits per heavy atom. The SMILES string of the molecule is CC(C)N1CCN2c3occc3NC(=O)[C@H]2C1. The molecule has 1 amide bonds. The van der Waals surface area contributed by atoms with Crippen LogP contribution in [-0.2, 0) is 4.79 Å². The van der Waals surface area contributed by atoms with E-state index in [9.17, 15) is 4.79 Å². The Morgan fingerprint density at radius 1 is 1.47 bits per heavy atom. The van der Waals surface area contributed by atoms with Crippen LogP contribution in [0, 0.1) is 0 Å². The van der Waals surface area contributed by atoms with Crippen LogP contribution in [0.1, 0.15) is 13.8 Å². The Kier molecular flexibility index (Phi) is 2.36. The van der Waals surface area contributed by atoms with Crippen LogP contribution < -0.4 is 10.2 Å². The van der Waals surface area contributed by atoms with Crippen molar-refractivity contribution in [2.24, 2.45) is 0 Å². The molecule has 0 aromatic carbocycles. The highest BCUT2D eigenvalue weighted by Crippen LogP contribution is 2.34. The summed E-state index contributed by atoms with van der Waals surface area (Å²) >= 11 is 0. The lowest BCUT2D eigenvalue weighted by Crippen LogP contribution is -2.60. The number of piperazine rings is 1. The van der Waals surface area contributed by atoms with Gasteiger partial charge in [0.1, 0.15) is 11.7 Å². The second-order valence-electron chi connectivity index (χ2n) is 4.93. The lowest BCUT2D eigenvalue weighted by atomic mass is 10.1. The quantitative estimate of drug-likeness (QED) is 0.792. The van der Waals surface area contributed by atoms with E-state index in [1.54, 1.807) is 12.3 Å². The Hall–Kier alpha value is -1.49. The maximum absolute atomic E-state index is 12.0. The molecule has 1 atom stereocenters. The first-order chi connectivity index (χ1) is 8.16. The van der Waals surface area contributed by atoms with Gasteiger partial charge in [0, 0.05) is 31.7 Å². The topological polar surface area (TPSA) is 48.7 Å². The molecule has 0 spiro atoms. The van der Waals surface area contributed by atoms with Crippen molar-refractivity contribution in [1.29, 1.82) is 0 Å². The summed E-state index contributed by atoms with van der Waals surface area (Å²) in [6.07, 6.45) is 1.63.